The van der Waals surface area contributed by atoms with Crippen molar-refractivity contribution in [2.45, 2.75) is 46.6 Å². The zero-order chi connectivity index (χ0) is 18.6. The van der Waals surface area contributed by atoms with Gasteiger partial charge in [0.15, 0.2) is 0 Å². The van der Waals surface area contributed by atoms with Gasteiger partial charge in [-0.2, -0.15) is 5.10 Å². The molecule has 2 unspecified atom stereocenters. The van der Waals surface area contributed by atoms with Crippen LogP contribution in [0.15, 0.2) is 6.20 Å². The smallest absolute Gasteiger partial charge is 0.317 e. The number of likely N-dealkylation sites (tertiary alicyclic amines) is 1. The van der Waals surface area contributed by atoms with Gasteiger partial charge in [-0.3, -0.25) is 9.48 Å². The number of amides is 3. The number of hydrogen-bond donors (Lipinski definition) is 2. The maximum absolute atomic E-state index is 12.6. The van der Waals surface area contributed by atoms with Crippen molar-refractivity contribution in [3.05, 3.63) is 17.5 Å². The molecule has 0 aliphatic carbocycles. The van der Waals surface area contributed by atoms with Crippen LogP contribution in [-0.2, 0) is 11.8 Å². The Labute approximate surface area is 150 Å². The van der Waals surface area contributed by atoms with Crippen molar-refractivity contribution in [2.75, 3.05) is 19.6 Å². The highest BCUT2D eigenvalue weighted by atomic mass is 16.2. The van der Waals surface area contributed by atoms with E-state index in [4.69, 9.17) is 0 Å². The molecule has 140 valence electrons. The Morgan fingerprint density at radius 2 is 2.08 bits per heavy atom. The molecule has 25 heavy (non-hydrogen) atoms. The third-order valence-electron chi connectivity index (χ3n) is 4.62. The fourth-order valence-electron chi connectivity index (χ4n) is 3.23. The van der Waals surface area contributed by atoms with Crippen molar-refractivity contribution >= 4 is 11.9 Å². The third kappa shape index (κ3) is 5.21. The van der Waals surface area contributed by atoms with E-state index in [9.17, 15) is 9.59 Å². The minimum Gasteiger partial charge on any atom is -0.349 e. The minimum absolute atomic E-state index is 0.0112. The molecular formula is C18H31N5O2. The lowest BCUT2D eigenvalue weighted by Crippen LogP contribution is -2.49. The Balaban J connectivity index is 1.90. The summed E-state index contributed by atoms with van der Waals surface area (Å²) in [6.45, 7) is 9.89. The first-order chi connectivity index (χ1) is 11.8. The molecule has 0 bridgehead atoms. The second-order valence-corrected chi connectivity index (χ2v) is 7.44. The maximum atomic E-state index is 12.6. The van der Waals surface area contributed by atoms with Crippen molar-refractivity contribution in [1.29, 1.82) is 0 Å². The fraction of sp³-hybridized carbons (Fsp3) is 0.722. The summed E-state index contributed by atoms with van der Waals surface area (Å²) >= 11 is 0. The predicted octanol–water partition coefficient (Wildman–Crippen LogP) is 1.98. The summed E-state index contributed by atoms with van der Waals surface area (Å²) in [6, 6.07) is -0.159. The molecule has 1 aliphatic rings. The minimum atomic E-state index is -0.155. The molecule has 1 fully saturated rings. The van der Waals surface area contributed by atoms with Crippen molar-refractivity contribution in [3.8, 4) is 0 Å². The summed E-state index contributed by atoms with van der Waals surface area (Å²) in [6.07, 6.45) is 3.61. The van der Waals surface area contributed by atoms with Crippen LogP contribution < -0.4 is 10.6 Å². The number of carbonyl (C=O) groups excluding carboxylic acids is 2. The van der Waals surface area contributed by atoms with E-state index in [1.807, 2.05) is 27.1 Å². The molecule has 7 heteroatoms. The Morgan fingerprint density at radius 1 is 1.36 bits per heavy atom. The number of carbonyl (C=O) groups is 2. The van der Waals surface area contributed by atoms with Crippen LogP contribution in [0.4, 0.5) is 4.79 Å². The Hall–Kier alpha value is -2.05. The molecule has 1 aliphatic heterocycles. The first-order valence-electron chi connectivity index (χ1n) is 9.11. The standard InChI is InChI=1S/C18H31N5O2/c1-12(2)9-19-18(25)23-8-6-7-15(10-23)17(24)20-13(3)16-11-22(5)21-14(16)4/h11-13,15H,6-10H2,1-5H3,(H,19,25)(H,20,24). The topological polar surface area (TPSA) is 79.3 Å². The van der Waals surface area contributed by atoms with Gasteiger partial charge in [0.1, 0.15) is 0 Å². The summed E-state index contributed by atoms with van der Waals surface area (Å²) < 4.78 is 1.76. The predicted molar refractivity (Wildman–Crippen MR) is 97.0 cm³/mol. The number of nitrogens with one attached hydrogen (secondary N) is 2. The lowest BCUT2D eigenvalue weighted by Gasteiger charge is -2.32. The van der Waals surface area contributed by atoms with Crippen LogP contribution in [0.3, 0.4) is 0 Å². The molecule has 2 heterocycles. The molecule has 0 radical (unpaired) electrons. The van der Waals surface area contributed by atoms with Crippen molar-refractivity contribution in [1.82, 2.24) is 25.3 Å². The highest BCUT2D eigenvalue weighted by molar-refractivity contribution is 5.81. The van der Waals surface area contributed by atoms with Crippen LogP contribution in [0.1, 0.15) is 50.9 Å². The van der Waals surface area contributed by atoms with E-state index < -0.39 is 0 Å². The molecular weight excluding hydrogens is 318 g/mol. The lowest BCUT2D eigenvalue weighted by molar-refractivity contribution is -0.126. The first-order valence-corrected chi connectivity index (χ1v) is 9.11. The molecule has 1 saturated heterocycles. The summed E-state index contributed by atoms with van der Waals surface area (Å²) in [7, 11) is 1.87. The second kappa shape index (κ2) is 8.36. The van der Waals surface area contributed by atoms with Crippen LogP contribution in [-0.4, -0.2) is 46.3 Å². The van der Waals surface area contributed by atoms with E-state index in [0.29, 0.717) is 25.6 Å². The van der Waals surface area contributed by atoms with E-state index in [2.05, 4.69) is 29.6 Å². The van der Waals surface area contributed by atoms with Gasteiger partial charge < -0.3 is 15.5 Å². The number of urea groups is 1. The molecule has 2 atom stereocenters. The average molecular weight is 349 g/mol. The molecule has 0 saturated carbocycles. The highest BCUT2D eigenvalue weighted by Crippen LogP contribution is 2.20. The van der Waals surface area contributed by atoms with E-state index in [1.165, 1.54) is 0 Å². The lowest BCUT2D eigenvalue weighted by atomic mass is 9.96. The Morgan fingerprint density at radius 3 is 2.68 bits per heavy atom. The SMILES string of the molecule is Cc1nn(C)cc1C(C)NC(=O)C1CCCN(C(=O)NCC(C)C)C1. The quantitative estimate of drug-likeness (QED) is 0.853. The van der Waals surface area contributed by atoms with E-state index in [1.54, 1.807) is 9.58 Å². The van der Waals surface area contributed by atoms with E-state index in [-0.39, 0.29) is 23.9 Å². The average Bonchev–Trinajstić information content (AvgIpc) is 2.91. The number of rotatable bonds is 5. The van der Waals surface area contributed by atoms with Gasteiger partial charge in [0.05, 0.1) is 17.7 Å². The van der Waals surface area contributed by atoms with Crippen molar-refractivity contribution in [3.63, 3.8) is 0 Å². The number of aromatic nitrogens is 2. The van der Waals surface area contributed by atoms with Crippen LogP contribution in [0, 0.1) is 18.8 Å². The summed E-state index contributed by atoms with van der Waals surface area (Å²) in [5, 5.41) is 10.3. The maximum Gasteiger partial charge on any atom is 0.317 e. The molecule has 2 rings (SSSR count). The van der Waals surface area contributed by atoms with Crippen LogP contribution >= 0.6 is 0 Å². The summed E-state index contributed by atoms with van der Waals surface area (Å²) in [4.78, 5) is 26.6. The highest BCUT2D eigenvalue weighted by Gasteiger charge is 2.29. The Kier molecular flexibility index (Phi) is 6.45. The molecule has 7 nitrogen and oxygen atoms in total. The van der Waals surface area contributed by atoms with Gasteiger partial charge in [-0.25, -0.2) is 4.79 Å². The number of nitrogens with zero attached hydrogens (tertiary/aromatic N) is 3. The number of aryl methyl sites for hydroxylation is 2. The first kappa shape index (κ1) is 19.3. The van der Waals surface area contributed by atoms with Crippen molar-refractivity contribution < 1.29 is 9.59 Å². The van der Waals surface area contributed by atoms with Gasteiger partial charge in [-0.1, -0.05) is 13.8 Å². The van der Waals surface area contributed by atoms with Gasteiger partial charge in [0, 0.05) is 38.4 Å². The second-order valence-electron chi connectivity index (χ2n) is 7.44. The van der Waals surface area contributed by atoms with Gasteiger partial charge in [-0.15, -0.1) is 0 Å². The number of piperidine rings is 1. The van der Waals surface area contributed by atoms with E-state index in [0.717, 1.165) is 24.1 Å². The zero-order valence-corrected chi connectivity index (χ0v) is 16.0. The van der Waals surface area contributed by atoms with Crippen LogP contribution in [0.5, 0.6) is 0 Å². The Bertz CT molecular complexity index is 611. The number of hydrogen-bond acceptors (Lipinski definition) is 3. The molecule has 0 spiro atoms. The normalized spacial score (nSPS) is 19.0. The molecule has 2 N–H and O–H groups in total. The zero-order valence-electron chi connectivity index (χ0n) is 16.0. The van der Waals surface area contributed by atoms with Gasteiger partial charge in [0.25, 0.3) is 0 Å². The molecule has 3 amide bonds. The summed E-state index contributed by atoms with van der Waals surface area (Å²) in [5.41, 5.74) is 1.95. The summed E-state index contributed by atoms with van der Waals surface area (Å²) in [5.74, 6) is 0.270. The van der Waals surface area contributed by atoms with Gasteiger partial charge in [-0.05, 0) is 32.6 Å². The fourth-order valence-corrected chi connectivity index (χ4v) is 3.23. The molecule has 1 aromatic heterocycles. The van der Waals surface area contributed by atoms with Gasteiger partial charge >= 0.3 is 6.03 Å². The van der Waals surface area contributed by atoms with Crippen molar-refractivity contribution in [2.24, 2.45) is 18.9 Å². The van der Waals surface area contributed by atoms with E-state index >= 15 is 0 Å². The third-order valence-corrected chi connectivity index (χ3v) is 4.62. The van der Waals surface area contributed by atoms with Gasteiger partial charge in [0.2, 0.25) is 5.91 Å². The van der Waals surface area contributed by atoms with Crippen LogP contribution in [0.2, 0.25) is 0 Å². The molecule has 1 aromatic rings. The molecule has 0 aromatic carbocycles. The van der Waals surface area contributed by atoms with Crippen LogP contribution in [0.25, 0.3) is 0 Å². The monoisotopic (exact) mass is 349 g/mol. The largest absolute Gasteiger partial charge is 0.349 e.